The third-order valence-corrected chi connectivity index (χ3v) is 7.14. The first kappa shape index (κ1) is 36.6. The van der Waals surface area contributed by atoms with E-state index in [0.717, 1.165) is 6.07 Å². The highest BCUT2D eigenvalue weighted by Gasteiger charge is 2.29. The van der Waals surface area contributed by atoms with Crippen molar-refractivity contribution in [3.63, 3.8) is 0 Å². The van der Waals surface area contributed by atoms with Crippen molar-refractivity contribution >= 4 is 35.5 Å². The average molecular weight is 629 g/mol. The normalized spacial score (nSPS) is 23.1. The van der Waals surface area contributed by atoms with Crippen molar-refractivity contribution < 1.29 is 43.9 Å². The first-order chi connectivity index (χ1) is 21.2. The minimum absolute atomic E-state index is 0.0125. The van der Waals surface area contributed by atoms with Crippen LogP contribution in [0.1, 0.15) is 39.7 Å². The number of methoxy groups -OCH3 is 2. The minimum Gasteiger partial charge on any atom is -0.506 e. The topological polar surface area (TPSA) is 202 Å². The van der Waals surface area contributed by atoms with Crippen LogP contribution in [0.2, 0.25) is 0 Å². The lowest BCUT2D eigenvalue weighted by Gasteiger charge is -2.28. The van der Waals surface area contributed by atoms with Crippen LogP contribution >= 0.6 is 0 Å². The van der Waals surface area contributed by atoms with Crippen LogP contribution < -0.4 is 21.7 Å². The highest BCUT2D eigenvalue weighted by Crippen LogP contribution is 2.42. The Morgan fingerprint density at radius 1 is 1.20 bits per heavy atom. The quantitative estimate of drug-likeness (QED) is 0.138. The van der Waals surface area contributed by atoms with E-state index in [1.807, 2.05) is 0 Å². The number of urea groups is 1. The smallest absolute Gasteiger partial charge is 0.405 e. The van der Waals surface area contributed by atoms with Gasteiger partial charge in [-0.3, -0.25) is 4.79 Å². The maximum absolute atomic E-state index is 13.1. The Morgan fingerprint density at radius 2 is 1.89 bits per heavy atom. The molecule has 5 atom stereocenters. The number of aromatic hydroxyl groups is 2. The highest BCUT2D eigenvalue weighted by molar-refractivity contribution is 6.06. The molecule has 13 nitrogen and oxygen atoms in total. The molecule has 0 saturated heterocycles. The molecule has 0 spiro atoms. The first-order valence-electron chi connectivity index (χ1n) is 14.2. The van der Waals surface area contributed by atoms with Crippen molar-refractivity contribution in [2.75, 3.05) is 31.4 Å². The number of nitrogens with two attached hydrogens (primary N) is 1. The molecule has 246 valence electrons. The van der Waals surface area contributed by atoms with Gasteiger partial charge in [-0.1, -0.05) is 42.9 Å². The van der Waals surface area contributed by atoms with Crippen LogP contribution in [-0.2, 0) is 19.0 Å². The van der Waals surface area contributed by atoms with Crippen LogP contribution in [0.15, 0.2) is 59.7 Å². The first-order valence-corrected chi connectivity index (χ1v) is 14.2. The van der Waals surface area contributed by atoms with Gasteiger partial charge in [-0.15, -0.1) is 6.58 Å². The monoisotopic (exact) mass is 628 g/mol. The number of carbonyl (C=O) groups is 3. The SMILES string of the molecule is C=CCNC(=O)Nc1c(O)cc2c(O)c1C=C(C)CC(OC)C(O)C(C)C=C(C)C(OC(N)=O)C(OC)C=CC=C(C)C(=O)N2. The summed E-state index contributed by atoms with van der Waals surface area (Å²) in [6.45, 7) is 10.4. The number of hydrogen-bond acceptors (Lipinski definition) is 9. The molecule has 45 heavy (non-hydrogen) atoms. The number of aliphatic hydroxyl groups excluding tert-OH is 1. The summed E-state index contributed by atoms with van der Waals surface area (Å²) in [6.07, 6.45) is 4.91. The second-order valence-corrected chi connectivity index (χ2v) is 10.7. The molecule has 0 radical (unpaired) electrons. The van der Waals surface area contributed by atoms with Crippen molar-refractivity contribution in [2.24, 2.45) is 11.7 Å². The molecule has 1 heterocycles. The molecule has 13 heteroatoms. The van der Waals surface area contributed by atoms with E-state index in [4.69, 9.17) is 19.9 Å². The maximum Gasteiger partial charge on any atom is 0.405 e. The van der Waals surface area contributed by atoms with E-state index in [9.17, 15) is 29.7 Å². The van der Waals surface area contributed by atoms with Gasteiger partial charge in [0, 0.05) is 43.9 Å². The summed E-state index contributed by atoms with van der Waals surface area (Å²) >= 11 is 0. The fourth-order valence-electron chi connectivity index (χ4n) is 4.73. The predicted molar refractivity (Wildman–Crippen MR) is 172 cm³/mol. The Labute approximate surface area is 263 Å². The number of hydrogen-bond donors (Lipinski definition) is 7. The molecule has 0 fully saturated rings. The van der Waals surface area contributed by atoms with Crippen LogP contribution in [0.3, 0.4) is 0 Å². The van der Waals surface area contributed by atoms with Crippen molar-refractivity contribution in [3.05, 3.63) is 65.3 Å². The Hall–Kier alpha value is -4.59. The van der Waals surface area contributed by atoms with Crippen molar-refractivity contribution in [3.8, 4) is 11.5 Å². The molecule has 2 bridgehead atoms. The summed E-state index contributed by atoms with van der Waals surface area (Å²) in [5.41, 5.74) is 6.49. The lowest BCUT2D eigenvalue weighted by atomic mass is 9.91. The lowest BCUT2D eigenvalue weighted by molar-refractivity contribution is -0.112. The van der Waals surface area contributed by atoms with Gasteiger partial charge in [0.1, 0.15) is 17.6 Å². The van der Waals surface area contributed by atoms with Crippen LogP contribution in [0, 0.1) is 5.92 Å². The molecular formula is C32H44N4O9. The third-order valence-electron chi connectivity index (χ3n) is 7.14. The Morgan fingerprint density at radius 3 is 2.49 bits per heavy atom. The van der Waals surface area contributed by atoms with E-state index >= 15 is 0 Å². The molecule has 1 aliphatic heterocycles. The number of primary amides is 1. The van der Waals surface area contributed by atoms with Gasteiger partial charge in [-0.25, -0.2) is 9.59 Å². The third kappa shape index (κ3) is 10.2. The molecule has 8 N–H and O–H groups in total. The van der Waals surface area contributed by atoms with Gasteiger partial charge in [-0.2, -0.15) is 0 Å². The fraction of sp³-hybridized carbons (Fsp3) is 0.406. The van der Waals surface area contributed by atoms with E-state index < -0.39 is 59.9 Å². The summed E-state index contributed by atoms with van der Waals surface area (Å²) in [7, 11) is 2.86. The Bertz CT molecular complexity index is 1380. The average Bonchev–Trinajstić information content (AvgIpc) is 2.98. The zero-order valence-electron chi connectivity index (χ0n) is 26.4. The number of fused-ring (bicyclic) bond motifs is 2. The second kappa shape index (κ2) is 17.0. The molecule has 0 aromatic heterocycles. The van der Waals surface area contributed by atoms with Gasteiger partial charge < -0.3 is 51.2 Å². The Balaban J connectivity index is 2.75. The number of rotatable bonds is 6. The van der Waals surface area contributed by atoms with Crippen LogP contribution in [0.4, 0.5) is 21.0 Å². The van der Waals surface area contributed by atoms with Gasteiger partial charge in [0.25, 0.3) is 5.91 Å². The van der Waals surface area contributed by atoms with Crippen molar-refractivity contribution in [2.45, 2.75) is 58.5 Å². The summed E-state index contributed by atoms with van der Waals surface area (Å²) < 4.78 is 16.5. The number of allylic oxidation sites excluding steroid dienone is 2. The number of carbonyl (C=O) groups excluding carboxylic acids is 3. The summed E-state index contributed by atoms with van der Waals surface area (Å²) in [4.78, 5) is 37.3. The van der Waals surface area contributed by atoms with Gasteiger partial charge in [0.15, 0.2) is 6.10 Å². The van der Waals surface area contributed by atoms with Gasteiger partial charge in [0.05, 0.1) is 23.6 Å². The van der Waals surface area contributed by atoms with Crippen LogP contribution in [0.5, 0.6) is 11.5 Å². The van der Waals surface area contributed by atoms with Crippen molar-refractivity contribution in [1.29, 1.82) is 0 Å². The number of aliphatic hydroxyl groups is 1. The molecule has 0 saturated carbocycles. The van der Waals surface area contributed by atoms with Gasteiger partial charge in [0.2, 0.25) is 0 Å². The molecule has 1 aromatic carbocycles. The standard InChI is InChI=1S/C32H44N4O9/c1-8-12-34-32(42)36-26-21-13-17(2)14-25(44-7)27(38)19(4)15-20(5)29(45-31(33)41)24(43-6)11-9-10-18(3)30(40)35-22(28(21)39)16-23(26)37/h8-11,13,15-16,19,24-25,27,29,37-39H,1,12,14H2,2-7H3,(H2,33,41)(H,35,40)(H2,34,36,42). The van der Waals surface area contributed by atoms with E-state index in [0.29, 0.717) is 11.1 Å². The van der Waals surface area contributed by atoms with E-state index in [1.54, 1.807) is 32.9 Å². The van der Waals surface area contributed by atoms with E-state index in [-0.39, 0.29) is 35.5 Å². The summed E-state index contributed by atoms with van der Waals surface area (Å²) in [5, 5.41) is 41.0. The van der Waals surface area contributed by atoms with Crippen LogP contribution in [-0.4, -0.2) is 78.5 Å². The zero-order valence-corrected chi connectivity index (χ0v) is 26.4. The van der Waals surface area contributed by atoms with Gasteiger partial charge in [-0.05, 0) is 38.8 Å². The molecule has 0 aliphatic carbocycles. The Kier molecular flexibility index (Phi) is 13.9. The molecular weight excluding hydrogens is 584 g/mol. The van der Waals surface area contributed by atoms with Crippen LogP contribution in [0.25, 0.3) is 6.08 Å². The molecule has 2 rings (SSSR count). The van der Waals surface area contributed by atoms with Crippen molar-refractivity contribution in [1.82, 2.24) is 5.32 Å². The summed E-state index contributed by atoms with van der Waals surface area (Å²) in [5.74, 6) is -1.95. The minimum atomic E-state index is -1.04. The van der Waals surface area contributed by atoms with Gasteiger partial charge >= 0.3 is 12.1 Å². The molecule has 5 unspecified atom stereocenters. The second-order valence-electron chi connectivity index (χ2n) is 10.7. The molecule has 1 aromatic rings. The maximum atomic E-state index is 13.1. The van der Waals surface area contributed by atoms with E-state index in [2.05, 4.69) is 22.5 Å². The highest BCUT2D eigenvalue weighted by atomic mass is 16.6. The zero-order chi connectivity index (χ0) is 33.8. The number of phenolic OH excluding ortho intramolecular Hbond substituents is 2. The number of benzene rings is 1. The number of ether oxygens (including phenoxy) is 3. The lowest BCUT2D eigenvalue weighted by Crippen LogP contribution is -2.36. The summed E-state index contributed by atoms with van der Waals surface area (Å²) in [6, 6.07) is 0.443. The number of nitrogens with one attached hydrogen (secondary N) is 3. The molecule has 4 amide bonds. The fourth-order valence-corrected chi connectivity index (χ4v) is 4.73. The largest absolute Gasteiger partial charge is 0.506 e. The molecule has 1 aliphatic rings. The number of amides is 4. The predicted octanol–water partition coefficient (Wildman–Crippen LogP) is 4.09. The number of anilines is 2. The van der Waals surface area contributed by atoms with E-state index in [1.165, 1.54) is 45.4 Å². The number of phenols is 2.